The number of esters is 1. The average molecular weight is 650 g/mol. The smallest absolute Gasteiger partial charge is 0.408 e. The fraction of sp³-hybridized carbons (Fsp3) is 0.371. The van der Waals surface area contributed by atoms with Crippen LogP contribution in [0.15, 0.2) is 91.0 Å². The van der Waals surface area contributed by atoms with Crippen LogP contribution in [0, 0.1) is 0 Å². The molecule has 3 amide bonds. The van der Waals surface area contributed by atoms with Crippen LogP contribution in [0.2, 0.25) is 0 Å². The predicted octanol–water partition coefficient (Wildman–Crippen LogP) is 5.70. The van der Waals surface area contributed by atoms with Crippen molar-refractivity contribution < 1.29 is 33.8 Å². The third-order valence-corrected chi connectivity index (χ3v) is 8.10. The SMILES string of the molecule is CC(C)(C)OC(=O)NC(CNC(=O)NC(CSC(c1ccccc1)(c1ccccc1)c1ccccc1)C(=O)O)C(=O)OC(C)(C)C. The number of nitrogens with one attached hydrogen (secondary N) is 3. The van der Waals surface area contributed by atoms with E-state index in [2.05, 4.69) is 16.0 Å². The van der Waals surface area contributed by atoms with Crippen LogP contribution in [0.4, 0.5) is 9.59 Å². The molecule has 4 N–H and O–H groups in total. The zero-order valence-corrected chi connectivity index (χ0v) is 27.9. The Kier molecular flexibility index (Phi) is 12.2. The van der Waals surface area contributed by atoms with Crippen molar-refractivity contribution in [3.8, 4) is 0 Å². The molecule has 0 heterocycles. The normalized spacial score (nSPS) is 13.1. The molecular weight excluding hydrogens is 606 g/mol. The molecule has 246 valence electrons. The van der Waals surface area contributed by atoms with Crippen LogP contribution in [0.3, 0.4) is 0 Å². The molecule has 0 saturated carbocycles. The molecule has 3 rings (SSSR count). The summed E-state index contributed by atoms with van der Waals surface area (Å²) in [5, 5.41) is 17.6. The molecule has 0 fully saturated rings. The van der Waals surface area contributed by atoms with Crippen molar-refractivity contribution >= 4 is 35.8 Å². The third-order valence-electron chi connectivity index (χ3n) is 6.46. The number of carbonyl (C=O) groups excluding carboxylic acids is 3. The first-order chi connectivity index (χ1) is 21.6. The molecule has 46 heavy (non-hydrogen) atoms. The van der Waals surface area contributed by atoms with E-state index in [4.69, 9.17) is 9.47 Å². The van der Waals surface area contributed by atoms with Crippen LogP contribution in [0.25, 0.3) is 0 Å². The summed E-state index contributed by atoms with van der Waals surface area (Å²) in [6.07, 6.45) is -0.871. The number of carbonyl (C=O) groups is 4. The number of carboxylic acid groups (broad SMARTS) is 1. The Morgan fingerprint density at radius 3 is 1.50 bits per heavy atom. The van der Waals surface area contributed by atoms with Gasteiger partial charge in [0.25, 0.3) is 0 Å². The van der Waals surface area contributed by atoms with E-state index in [9.17, 15) is 24.3 Å². The Morgan fingerprint density at radius 1 is 0.674 bits per heavy atom. The van der Waals surface area contributed by atoms with Crippen LogP contribution >= 0.6 is 11.8 Å². The van der Waals surface area contributed by atoms with Crippen molar-refractivity contribution in [2.24, 2.45) is 0 Å². The van der Waals surface area contributed by atoms with Gasteiger partial charge in [-0.2, -0.15) is 0 Å². The first-order valence-corrected chi connectivity index (χ1v) is 15.9. The Hall–Kier alpha value is -4.51. The van der Waals surface area contributed by atoms with Crippen LogP contribution in [-0.2, 0) is 23.8 Å². The van der Waals surface area contributed by atoms with Gasteiger partial charge in [-0.15, -0.1) is 11.8 Å². The van der Waals surface area contributed by atoms with Crippen molar-refractivity contribution in [2.45, 2.75) is 69.6 Å². The first kappa shape index (κ1) is 36.0. The second-order valence-electron chi connectivity index (χ2n) is 12.6. The molecule has 0 saturated heterocycles. The number of alkyl carbamates (subject to hydrolysis) is 1. The van der Waals surface area contributed by atoms with E-state index in [0.717, 1.165) is 16.7 Å². The lowest BCUT2D eigenvalue weighted by Crippen LogP contribution is -2.54. The Labute approximate surface area is 274 Å². The van der Waals surface area contributed by atoms with Gasteiger partial charge >= 0.3 is 24.1 Å². The second kappa shape index (κ2) is 15.7. The number of thioether (sulfide) groups is 1. The van der Waals surface area contributed by atoms with E-state index in [1.165, 1.54) is 11.8 Å². The number of urea groups is 1. The largest absolute Gasteiger partial charge is 0.480 e. The van der Waals surface area contributed by atoms with E-state index in [0.29, 0.717) is 0 Å². The first-order valence-electron chi connectivity index (χ1n) is 14.9. The maximum Gasteiger partial charge on any atom is 0.408 e. The van der Waals surface area contributed by atoms with E-state index >= 15 is 0 Å². The highest BCUT2D eigenvalue weighted by Crippen LogP contribution is 2.48. The van der Waals surface area contributed by atoms with Gasteiger partial charge in [0.2, 0.25) is 0 Å². The molecule has 0 aromatic heterocycles. The number of hydrogen-bond acceptors (Lipinski definition) is 7. The maximum absolute atomic E-state index is 13.0. The summed E-state index contributed by atoms with van der Waals surface area (Å²) in [5.41, 5.74) is 1.15. The molecule has 0 radical (unpaired) electrons. The highest BCUT2D eigenvalue weighted by Gasteiger charge is 2.39. The molecule has 0 spiro atoms. The molecule has 0 aliphatic carbocycles. The molecule has 0 aliphatic rings. The van der Waals surface area contributed by atoms with E-state index < -0.39 is 52.1 Å². The van der Waals surface area contributed by atoms with Crippen molar-refractivity contribution in [1.82, 2.24) is 16.0 Å². The Balaban J connectivity index is 1.82. The summed E-state index contributed by atoms with van der Waals surface area (Å²) < 4.78 is 9.87. The molecule has 0 bridgehead atoms. The maximum atomic E-state index is 13.0. The van der Waals surface area contributed by atoms with Crippen molar-refractivity contribution in [2.75, 3.05) is 12.3 Å². The van der Waals surface area contributed by atoms with Gasteiger partial charge in [-0.3, -0.25) is 0 Å². The molecular formula is C35H43N3O7S. The van der Waals surface area contributed by atoms with Gasteiger partial charge in [0.1, 0.15) is 23.3 Å². The second-order valence-corrected chi connectivity index (χ2v) is 13.8. The number of amides is 3. The highest BCUT2D eigenvalue weighted by molar-refractivity contribution is 8.00. The lowest BCUT2D eigenvalue weighted by atomic mass is 9.84. The fourth-order valence-corrected chi connectivity index (χ4v) is 6.12. The number of aliphatic carboxylic acids is 1. The van der Waals surface area contributed by atoms with E-state index in [-0.39, 0.29) is 12.3 Å². The number of rotatable bonds is 12. The van der Waals surface area contributed by atoms with Gasteiger partial charge in [0.15, 0.2) is 0 Å². The summed E-state index contributed by atoms with van der Waals surface area (Å²) in [6, 6.07) is 25.9. The van der Waals surface area contributed by atoms with Gasteiger partial charge in [-0.1, -0.05) is 91.0 Å². The standard InChI is InChI=1S/C35H43N3O7S/c1-33(2,3)44-30(41)27(38-32(43)45-34(4,5)6)22-36-31(42)37-28(29(39)40)23-46-35(24-16-10-7-11-17-24,25-18-12-8-13-19-25)26-20-14-9-15-21-26/h7-21,27-28H,22-23H2,1-6H3,(H,38,43)(H,39,40)(H2,36,37,42). The quantitative estimate of drug-likeness (QED) is 0.145. The summed E-state index contributed by atoms with van der Waals surface area (Å²) in [7, 11) is 0. The molecule has 3 aromatic rings. The van der Waals surface area contributed by atoms with E-state index in [1.54, 1.807) is 41.5 Å². The molecule has 2 atom stereocenters. The molecule has 2 unspecified atom stereocenters. The highest BCUT2D eigenvalue weighted by atomic mass is 32.2. The van der Waals surface area contributed by atoms with E-state index in [1.807, 2.05) is 91.0 Å². The monoisotopic (exact) mass is 649 g/mol. The zero-order chi connectivity index (χ0) is 34.0. The number of hydrogen-bond donors (Lipinski definition) is 4. The lowest BCUT2D eigenvalue weighted by molar-refractivity contribution is -0.157. The summed E-state index contributed by atoms with van der Waals surface area (Å²) in [6.45, 7) is 9.66. The number of benzene rings is 3. The van der Waals surface area contributed by atoms with Crippen LogP contribution in [0.5, 0.6) is 0 Å². The number of carboxylic acids is 1. The lowest BCUT2D eigenvalue weighted by Gasteiger charge is -2.36. The Morgan fingerprint density at radius 2 is 1.11 bits per heavy atom. The summed E-state index contributed by atoms with van der Waals surface area (Å²) in [4.78, 5) is 50.8. The molecule has 10 nitrogen and oxygen atoms in total. The van der Waals surface area contributed by atoms with Crippen molar-refractivity contribution in [1.29, 1.82) is 0 Å². The third kappa shape index (κ3) is 10.5. The van der Waals surface area contributed by atoms with Crippen LogP contribution in [-0.4, -0.2) is 64.8 Å². The minimum atomic E-state index is -1.31. The molecule has 0 aliphatic heterocycles. The van der Waals surface area contributed by atoms with Crippen molar-refractivity contribution in [3.05, 3.63) is 108 Å². The Bertz CT molecular complexity index is 1360. The predicted molar refractivity (Wildman–Crippen MR) is 179 cm³/mol. The topological polar surface area (TPSA) is 143 Å². The zero-order valence-electron chi connectivity index (χ0n) is 27.0. The van der Waals surface area contributed by atoms with Gasteiger partial charge in [0, 0.05) is 5.75 Å². The van der Waals surface area contributed by atoms with Crippen LogP contribution < -0.4 is 16.0 Å². The number of ether oxygens (including phenoxy) is 2. The summed E-state index contributed by atoms with van der Waals surface area (Å²) >= 11 is 1.39. The van der Waals surface area contributed by atoms with Gasteiger partial charge in [0.05, 0.1) is 11.3 Å². The van der Waals surface area contributed by atoms with Gasteiger partial charge in [-0.05, 0) is 58.2 Å². The summed E-state index contributed by atoms with van der Waals surface area (Å²) in [5.74, 6) is -2.03. The van der Waals surface area contributed by atoms with Crippen molar-refractivity contribution in [3.63, 3.8) is 0 Å². The minimum Gasteiger partial charge on any atom is -0.480 e. The molecule has 3 aromatic carbocycles. The molecule has 11 heteroatoms. The fourth-order valence-electron chi connectivity index (χ4n) is 4.57. The average Bonchev–Trinajstić information content (AvgIpc) is 2.98. The van der Waals surface area contributed by atoms with Crippen LogP contribution in [0.1, 0.15) is 58.2 Å². The van der Waals surface area contributed by atoms with Gasteiger partial charge < -0.3 is 30.5 Å². The minimum absolute atomic E-state index is 0.00686. The van der Waals surface area contributed by atoms with Gasteiger partial charge in [-0.25, -0.2) is 19.2 Å².